The van der Waals surface area contributed by atoms with E-state index < -0.39 is 0 Å². The Labute approximate surface area is 134 Å². The monoisotopic (exact) mass is 326 g/mol. The minimum Gasteiger partial charge on any atom is -0.508 e. The van der Waals surface area contributed by atoms with Crippen LogP contribution >= 0.6 is 24.8 Å². The number of rotatable bonds is 2. The Hall–Kier alpha value is -1.98. The fourth-order valence-corrected chi connectivity index (χ4v) is 2.06. The number of nitrogens with one attached hydrogen (secondary N) is 1. The molecular weight excluding hydrogens is 311 g/mol. The zero-order chi connectivity index (χ0) is 13.4. The van der Waals surface area contributed by atoms with Crippen molar-refractivity contribution in [3.63, 3.8) is 0 Å². The standard InChI is InChI=1S/C14H14N4O.2ClH/c1-18(2)12-8-9(19)5-6-10(12)13-16-11-4-3-7-15-14(11)17-13;;/h3-8,19H,1-2H3,(H,15,16,17);2*1H. The van der Waals surface area contributed by atoms with Crippen LogP contribution in [-0.4, -0.2) is 34.2 Å². The highest BCUT2D eigenvalue weighted by Crippen LogP contribution is 2.31. The smallest absolute Gasteiger partial charge is 0.178 e. The zero-order valence-electron chi connectivity index (χ0n) is 11.6. The number of aromatic amines is 1. The van der Waals surface area contributed by atoms with Gasteiger partial charge < -0.3 is 15.0 Å². The quantitative estimate of drug-likeness (QED) is 0.758. The molecule has 3 rings (SSSR count). The molecule has 0 fully saturated rings. The molecule has 1 aromatic carbocycles. The summed E-state index contributed by atoms with van der Waals surface area (Å²) in [5.41, 5.74) is 3.42. The van der Waals surface area contributed by atoms with E-state index in [-0.39, 0.29) is 30.6 Å². The van der Waals surface area contributed by atoms with Crippen LogP contribution < -0.4 is 4.90 Å². The number of anilines is 1. The van der Waals surface area contributed by atoms with Gasteiger partial charge in [-0.3, -0.25) is 0 Å². The number of hydrogen-bond acceptors (Lipinski definition) is 4. The number of halogens is 2. The number of aromatic nitrogens is 3. The number of fused-ring (bicyclic) bond motifs is 1. The summed E-state index contributed by atoms with van der Waals surface area (Å²) in [5.74, 6) is 0.985. The molecule has 0 bridgehead atoms. The van der Waals surface area contributed by atoms with Gasteiger partial charge in [-0.05, 0) is 24.3 Å². The summed E-state index contributed by atoms with van der Waals surface area (Å²) < 4.78 is 0. The third-order valence-corrected chi connectivity index (χ3v) is 2.98. The molecule has 0 saturated carbocycles. The summed E-state index contributed by atoms with van der Waals surface area (Å²) in [6, 6.07) is 9.03. The van der Waals surface area contributed by atoms with E-state index in [1.165, 1.54) is 0 Å². The maximum Gasteiger partial charge on any atom is 0.178 e. The van der Waals surface area contributed by atoms with Gasteiger partial charge in [-0.15, -0.1) is 24.8 Å². The minimum absolute atomic E-state index is 0. The van der Waals surface area contributed by atoms with E-state index in [4.69, 9.17) is 0 Å². The number of imidazole rings is 1. The van der Waals surface area contributed by atoms with E-state index in [1.54, 1.807) is 18.3 Å². The first-order valence-electron chi connectivity index (χ1n) is 5.96. The molecule has 0 aliphatic rings. The van der Waals surface area contributed by atoms with Crippen molar-refractivity contribution in [1.29, 1.82) is 0 Å². The number of hydrogen-bond donors (Lipinski definition) is 2. The topological polar surface area (TPSA) is 65.0 Å². The predicted molar refractivity (Wildman–Crippen MR) is 89.8 cm³/mol. The Morgan fingerprint density at radius 3 is 2.57 bits per heavy atom. The highest BCUT2D eigenvalue weighted by Gasteiger charge is 2.12. The molecular formula is C14H16Cl2N4O. The Bertz CT molecular complexity index is 710. The van der Waals surface area contributed by atoms with Crippen molar-refractivity contribution < 1.29 is 5.11 Å². The van der Waals surface area contributed by atoms with E-state index in [9.17, 15) is 5.11 Å². The number of aromatic hydroxyl groups is 1. The molecule has 0 aliphatic heterocycles. The number of phenols is 1. The van der Waals surface area contributed by atoms with Crippen LogP contribution in [-0.2, 0) is 0 Å². The second kappa shape index (κ2) is 6.65. The molecule has 0 unspecified atom stereocenters. The van der Waals surface area contributed by atoms with E-state index in [0.717, 1.165) is 22.6 Å². The highest BCUT2D eigenvalue weighted by atomic mass is 35.5. The maximum atomic E-state index is 9.60. The number of nitrogens with zero attached hydrogens (tertiary/aromatic N) is 3. The van der Waals surface area contributed by atoms with E-state index >= 15 is 0 Å². The summed E-state index contributed by atoms with van der Waals surface area (Å²) in [4.78, 5) is 13.9. The molecule has 0 amide bonds. The first-order valence-corrected chi connectivity index (χ1v) is 5.96. The van der Waals surface area contributed by atoms with Crippen LogP contribution in [0.15, 0.2) is 36.5 Å². The lowest BCUT2D eigenvalue weighted by Gasteiger charge is -2.16. The molecule has 3 aromatic rings. The lowest BCUT2D eigenvalue weighted by Crippen LogP contribution is -2.10. The molecule has 0 aliphatic carbocycles. The van der Waals surface area contributed by atoms with E-state index in [2.05, 4.69) is 15.0 Å². The van der Waals surface area contributed by atoms with Crippen molar-refractivity contribution >= 4 is 41.7 Å². The number of phenolic OH excluding ortho intramolecular Hbond substituents is 1. The maximum absolute atomic E-state index is 9.60. The van der Waals surface area contributed by atoms with Crippen LogP contribution in [0.5, 0.6) is 5.75 Å². The highest BCUT2D eigenvalue weighted by molar-refractivity contribution is 5.85. The van der Waals surface area contributed by atoms with Gasteiger partial charge in [-0.2, -0.15) is 0 Å². The van der Waals surface area contributed by atoms with Crippen molar-refractivity contribution in [2.75, 3.05) is 19.0 Å². The molecule has 0 spiro atoms. The zero-order valence-corrected chi connectivity index (χ0v) is 13.2. The number of benzene rings is 1. The number of pyridine rings is 1. The predicted octanol–water partition coefficient (Wildman–Crippen LogP) is 3.24. The van der Waals surface area contributed by atoms with Crippen molar-refractivity contribution in [1.82, 2.24) is 15.0 Å². The molecule has 21 heavy (non-hydrogen) atoms. The first kappa shape index (κ1) is 17.1. The Morgan fingerprint density at radius 1 is 1.14 bits per heavy atom. The van der Waals surface area contributed by atoms with Gasteiger partial charge in [0.2, 0.25) is 0 Å². The third-order valence-electron chi connectivity index (χ3n) is 2.98. The molecule has 5 nitrogen and oxygen atoms in total. The van der Waals surface area contributed by atoms with Crippen LogP contribution in [0.3, 0.4) is 0 Å². The van der Waals surface area contributed by atoms with Crippen molar-refractivity contribution in [2.45, 2.75) is 0 Å². The summed E-state index contributed by atoms with van der Waals surface area (Å²) in [6.07, 6.45) is 1.72. The SMILES string of the molecule is CN(C)c1cc(O)ccc1-c1nc2ncccc2[nH]1.Cl.Cl. The Morgan fingerprint density at radius 2 is 1.90 bits per heavy atom. The second-order valence-corrected chi connectivity index (χ2v) is 4.56. The van der Waals surface area contributed by atoms with Crippen molar-refractivity contribution in [3.8, 4) is 17.1 Å². The summed E-state index contributed by atoms with van der Waals surface area (Å²) in [5, 5.41) is 9.60. The van der Waals surface area contributed by atoms with Gasteiger partial charge >= 0.3 is 0 Å². The van der Waals surface area contributed by atoms with Crippen LogP contribution in [0.1, 0.15) is 0 Å². The lowest BCUT2D eigenvalue weighted by atomic mass is 10.1. The molecule has 2 aromatic heterocycles. The van der Waals surface area contributed by atoms with E-state index in [1.807, 2.05) is 37.2 Å². The van der Waals surface area contributed by atoms with Gasteiger partial charge in [0.15, 0.2) is 5.65 Å². The fraction of sp³-hybridized carbons (Fsp3) is 0.143. The molecule has 0 atom stereocenters. The van der Waals surface area contributed by atoms with Gasteiger partial charge in [-0.25, -0.2) is 9.97 Å². The molecule has 2 heterocycles. The molecule has 7 heteroatoms. The average molecular weight is 327 g/mol. The largest absolute Gasteiger partial charge is 0.508 e. The van der Waals surface area contributed by atoms with Crippen LogP contribution in [0, 0.1) is 0 Å². The molecule has 0 saturated heterocycles. The van der Waals surface area contributed by atoms with Gasteiger partial charge in [0.25, 0.3) is 0 Å². The molecule has 2 N–H and O–H groups in total. The molecule has 0 radical (unpaired) electrons. The van der Waals surface area contributed by atoms with E-state index in [0.29, 0.717) is 5.65 Å². The average Bonchev–Trinajstić information content (AvgIpc) is 2.82. The Kier molecular flexibility index (Phi) is 5.41. The third kappa shape index (κ3) is 3.20. The fourth-order valence-electron chi connectivity index (χ4n) is 2.06. The van der Waals surface area contributed by atoms with Gasteiger partial charge in [-0.1, -0.05) is 0 Å². The summed E-state index contributed by atoms with van der Waals surface area (Å²) >= 11 is 0. The second-order valence-electron chi connectivity index (χ2n) is 4.56. The van der Waals surface area contributed by atoms with Crippen molar-refractivity contribution in [3.05, 3.63) is 36.5 Å². The lowest BCUT2D eigenvalue weighted by molar-refractivity contribution is 0.475. The summed E-state index contributed by atoms with van der Waals surface area (Å²) in [7, 11) is 3.86. The van der Waals surface area contributed by atoms with Gasteiger partial charge in [0.1, 0.15) is 11.6 Å². The first-order chi connectivity index (χ1) is 9.15. The molecule has 112 valence electrons. The number of H-pyrrole nitrogens is 1. The van der Waals surface area contributed by atoms with Crippen LogP contribution in [0.25, 0.3) is 22.6 Å². The normalized spacial score (nSPS) is 9.81. The van der Waals surface area contributed by atoms with Crippen molar-refractivity contribution in [2.24, 2.45) is 0 Å². The van der Waals surface area contributed by atoms with Crippen LogP contribution in [0.2, 0.25) is 0 Å². The van der Waals surface area contributed by atoms with Gasteiger partial charge in [0.05, 0.1) is 11.2 Å². The Balaban J connectivity index is 0.00000110. The van der Waals surface area contributed by atoms with Crippen LogP contribution in [0.4, 0.5) is 5.69 Å². The summed E-state index contributed by atoms with van der Waals surface area (Å²) in [6.45, 7) is 0. The van der Waals surface area contributed by atoms with Gasteiger partial charge in [0, 0.05) is 31.9 Å². The minimum atomic E-state index is 0.